The predicted molar refractivity (Wildman–Crippen MR) is 108 cm³/mol. The van der Waals surface area contributed by atoms with Gasteiger partial charge in [-0.2, -0.15) is 23.3 Å². The van der Waals surface area contributed by atoms with E-state index in [0.29, 0.717) is 11.4 Å². The number of aromatic nitrogens is 4. The lowest BCUT2D eigenvalue weighted by Crippen LogP contribution is -2.24. The molecule has 0 saturated heterocycles. The van der Waals surface area contributed by atoms with E-state index in [-0.39, 0.29) is 17.7 Å². The zero-order valence-electron chi connectivity index (χ0n) is 15.9. The Bertz CT molecular complexity index is 1120. The quantitative estimate of drug-likeness (QED) is 0.667. The van der Waals surface area contributed by atoms with Crippen LogP contribution in [0.4, 0.5) is 36.3 Å². The normalized spacial score (nSPS) is 16.1. The third-order valence-corrected chi connectivity index (χ3v) is 4.55. The Kier molecular flexibility index (Phi) is 4.90. The monoisotopic (exact) mass is 413 g/mol. The highest BCUT2D eigenvalue weighted by Crippen LogP contribution is 2.36. The van der Waals surface area contributed by atoms with Crippen LogP contribution >= 0.6 is 0 Å². The Balaban J connectivity index is 1.72. The molecule has 7 nitrogen and oxygen atoms in total. The van der Waals surface area contributed by atoms with E-state index >= 15 is 0 Å². The molecule has 3 N–H and O–H groups in total. The van der Waals surface area contributed by atoms with Gasteiger partial charge in [0.25, 0.3) is 0 Å². The molecular weight excluding hydrogens is 395 g/mol. The summed E-state index contributed by atoms with van der Waals surface area (Å²) < 4.78 is 40.9. The summed E-state index contributed by atoms with van der Waals surface area (Å²) in [5, 5.41) is 7.16. The van der Waals surface area contributed by atoms with Gasteiger partial charge in [-0.3, -0.25) is 4.68 Å². The van der Waals surface area contributed by atoms with Gasteiger partial charge >= 0.3 is 6.18 Å². The molecule has 10 heteroatoms. The SMILES string of the molecule is Cn1cc(N2C=CC=CC2c2cnc(N)nc2Nc2cccc(C(F)(F)F)c2)cn1. The predicted octanol–water partition coefficient (Wildman–Crippen LogP) is 4.19. The van der Waals surface area contributed by atoms with Gasteiger partial charge in [0, 0.05) is 36.9 Å². The lowest BCUT2D eigenvalue weighted by atomic mass is 10.0. The van der Waals surface area contributed by atoms with E-state index in [1.54, 1.807) is 17.1 Å². The minimum Gasteiger partial charge on any atom is -0.368 e. The van der Waals surface area contributed by atoms with Crippen molar-refractivity contribution in [3.63, 3.8) is 0 Å². The summed E-state index contributed by atoms with van der Waals surface area (Å²) in [5.41, 5.74) is 6.73. The number of nitrogens with zero attached hydrogens (tertiary/aromatic N) is 5. The number of rotatable bonds is 4. The first kappa shape index (κ1) is 19.5. The number of nitrogens with one attached hydrogen (secondary N) is 1. The number of alkyl halides is 3. The molecule has 0 radical (unpaired) electrons. The third kappa shape index (κ3) is 3.97. The molecule has 0 saturated carbocycles. The van der Waals surface area contributed by atoms with Crippen molar-refractivity contribution in [3.8, 4) is 0 Å². The van der Waals surface area contributed by atoms with Crippen molar-refractivity contribution in [2.75, 3.05) is 16.0 Å². The number of anilines is 4. The van der Waals surface area contributed by atoms with Gasteiger partial charge in [0.2, 0.25) is 5.95 Å². The van der Waals surface area contributed by atoms with Gasteiger partial charge in [-0.05, 0) is 24.3 Å². The van der Waals surface area contributed by atoms with E-state index < -0.39 is 11.7 Å². The smallest absolute Gasteiger partial charge is 0.368 e. The van der Waals surface area contributed by atoms with E-state index in [9.17, 15) is 13.2 Å². The highest BCUT2D eigenvalue weighted by molar-refractivity contribution is 5.64. The van der Waals surface area contributed by atoms with Gasteiger partial charge in [0.15, 0.2) is 0 Å². The molecule has 1 unspecified atom stereocenters. The molecule has 0 spiro atoms. The van der Waals surface area contributed by atoms with Gasteiger partial charge in [0.1, 0.15) is 5.82 Å². The van der Waals surface area contributed by atoms with Crippen LogP contribution in [0.5, 0.6) is 0 Å². The second-order valence-corrected chi connectivity index (χ2v) is 6.69. The number of aryl methyl sites for hydroxylation is 1. The number of hydrogen-bond donors (Lipinski definition) is 2. The van der Waals surface area contributed by atoms with E-state index in [0.717, 1.165) is 17.8 Å². The van der Waals surface area contributed by atoms with Gasteiger partial charge in [0.05, 0.1) is 23.5 Å². The molecule has 1 aliphatic heterocycles. The minimum absolute atomic E-state index is 0.0106. The fourth-order valence-corrected chi connectivity index (χ4v) is 3.17. The second kappa shape index (κ2) is 7.54. The van der Waals surface area contributed by atoms with Crippen LogP contribution in [-0.2, 0) is 13.2 Å². The molecule has 3 heterocycles. The molecular formula is C20H18F3N7. The van der Waals surface area contributed by atoms with Crippen LogP contribution in [0.2, 0.25) is 0 Å². The van der Waals surface area contributed by atoms with Crippen molar-refractivity contribution < 1.29 is 13.2 Å². The Morgan fingerprint density at radius 1 is 1.17 bits per heavy atom. The van der Waals surface area contributed by atoms with Crippen molar-refractivity contribution in [1.29, 1.82) is 0 Å². The summed E-state index contributed by atoms with van der Waals surface area (Å²) >= 11 is 0. The summed E-state index contributed by atoms with van der Waals surface area (Å²) in [6.07, 6.45) is 8.26. The second-order valence-electron chi connectivity index (χ2n) is 6.69. The molecule has 1 aliphatic rings. The third-order valence-electron chi connectivity index (χ3n) is 4.55. The highest BCUT2D eigenvalue weighted by Gasteiger charge is 2.30. The highest BCUT2D eigenvalue weighted by atomic mass is 19.4. The molecule has 4 rings (SSSR count). The maximum absolute atomic E-state index is 13.1. The van der Waals surface area contributed by atoms with E-state index in [2.05, 4.69) is 20.4 Å². The zero-order chi connectivity index (χ0) is 21.3. The van der Waals surface area contributed by atoms with Crippen molar-refractivity contribution >= 4 is 23.1 Å². The Hall–Kier alpha value is -3.82. The molecule has 0 bridgehead atoms. The molecule has 1 aromatic carbocycles. The Morgan fingerprint density at radius 2 is 2.00 bits per heavy atom. The number of nitrogens with two attached hydrogens (primary N) is 1. The molecule has 2 aromatic heterocycles. The van der Waals surface area contributed by atoms with Gasteiger partial charge in [-0.1, -0.05) is 18.2 Å². The number of halogens is 3. The molecule has 1 atom stereocenters. The average molecular weight is 413 g/mol. The largest absolute Gasteiger partial charge is 0.416 e. The molecule has 3 aromatic rings. The Morgan fingerprint density at radius 3 is 2.73 bits per heavy atom. The minimum atomic E-state index is -4.45. The van der Waals surface area contributed by atoms with Crippen LogP contribution in [0, 0.1) is 0 Å². The fourth-order valence-electron chi connectivity index (χ4n) is 3.17. The van der Waals surface area contributed by atoms with Crippen LogP contribution < -0.4 is 16.0 Å². The van der Waals surface area contributed by atoms with Gasteiger partial charge in [-0.25, -0.2) is 4.98 Å². The molecule has 0 amide bonds. The molecule has 30 heavy (non-hydrogen) atoms. The summed E-state index contributed by atoms with van der Waals surface area (Å²) in [6, 6.07) is 4.59. The summed E-state index contributed by atoms with van der Waals surface area (Å²) in [5.74, 6) is 0.331. The van der Waals surface area contributed by atoms with E-state index in [4.69, 9.17) is 5.73 Å². The lowest BCUT2D eigenvalue weighted by molar-refractivity contribution is -0.137. The maximum Gasteiger partial charge on any atom is 0.416 e. The van der Waals surface area contributed by atoms with Crippen molar-refractivity contribution in [3.05, 3.63) is 78.4 Å². The average Bonchev–Trinajstić information content (AvgIpc) is 3.14. The zero-order valence-corrected chi connectivity index (χ0v) is 15.9. The topological polar surface area (TPSA) is 84.9 Å². The van der Waals surface area contributed by atoms with Crippen LogP contribution in [0.3, 0.4) is 0 Å². The van der Waals surface area contributed by atoms with Crippen LogP contribution in [-0.4, -0.2) is 19.7 Å². The van der Waals surface area contributed by atoms with Gasteiger partial charge in [-0.15, -0.1) is 0 Å². The van der Waals surface area contributed by atoms with Crippen molar-refractivity contribution in [2.24, 2.45) is 7.05 Å². The Labute approximate surface area is 170 Å². The lowest BCUT2D eigenvalue weighted by Gasteiger charge is -2.30. The molecule has 0 fully saturated rings. The summed E-state index contributed by atoms with van der Waals surface area (Å²) in [4.78, 5) is 10.3. The molecule has 154 valence electrons. The standard InChI is InChI=1S/C20H18F3N7/c1-29-12-15(10-26-29)30-8-3-2-7-17(30)16-11-25-19(24)28-18(16)27-14-6-4-5-13(9-14)20(21,22)23/h2-12,17H,1H3,(H3,24,25,27,28). The number of allylic oxidation sites excluding steroid dienone is 2. The van der Waals surface area contributed by atoms with Crippen LogP contribution in [0.25, 0.3) is 0 Å². The first-order valence-corrected chi connectivity index (χ1v) is 9.00. The van der Waals surface area contributed by atoms with Crippen LogP contribution in [0.1, 0.15) is 17.2 Å². The maximum atomic E-state index is 13.1. The van der Waals surface area contributed by atoms with Crippen molar-refractivity contribution in [2.45, 2.75) is 12.2 Å². The van der Waals surface area contributed by atoms with Crippen LogP contribution in [0.15, 0.2) is 67.3 Å². The fraction of sp³-hybridized carbons (Fsp3) is 0.150. The molecule has 0 aliphatic carbocycles. The summed E-state index contributed by atoms with van der Waals surface area (Å²) in [7, 11) is 1.81. The van der Waals surface area contributed by atoms with Crippen molar-refractivity contribution in [1.82, 2.24) is 19.7 Å². The van der Waals surface area contributed by atoms with E-state index in [1.165, 1.54) is 12.1 Å². The number of benzene rings is 1. The van der Waals surface area contributed by atoms with E-state index in [1.807, 2.05) is 42.6 Å². The number of hydrogen-bond acceptors (Lipinski definition) is 6. The number of nitrogen functional groups attached to an aromatic ring is 1. The first-order chi connectivity index (χ1) is 14.3. The summed E-state index contributed by atoms with van der Waals surface area (Å²) in [6.45, 7) is 0. The first-order valence-electron chi connectivity index (χ1n) is 9.00. The van der Waals surface area contributed by atoms with Gasteiger partial charge < -0.3 is 16.0 Å².